The SMILES string of the molecule is C[C@@H](Oc1ccc(Cl)cc1)C(=O)OCc1cc(Cl)ccc1OC(F)F. The van der Waals surface area contributed by atoms with E-state index in [2.05, 4.69) is 4.74 Å². The normalized spacial score (nSPS) is 11.9. The van der Waals surface area contributed by atoms with Crippen LogP contribution in [0.15, 0.2) is 42.5 Å². The van der Waals surface area contributed by atoms with Crippen molar-refractivity contribution in [3.63, 3.8) is 0 Å². The van der Waals surface area contributed by atoms with Crippen LogP contribution in [0, 0.1) is 0 Å². The second-order valence-electron chi connectivity index (χ2n) is 4.95. The van der Waals surface area contributed by atoms with E-state index in [0.29, 0.717) is 15.8 Å². The zero-order valence-electron chi connectivity index (χ0n) is 13.0. The molecule has 0 spiro atoms. The van der Waals surface area contributed by atoms with Gasteiger partial charge in [0.2, 0.25) is 0 Å². The van der Waals surface area contributed by atoms with Crippen LogP contribution in [0.2, 0.25) is 10.0 Å². The molecule has 0 aliphatic heterocycles. The second-order valence-corrected chi connectivity index (χ2v) is 5.83. The van der Waals surface area contributed by atoms with Crippen LogP contribution in [0.4, 0.5) is 8.78 Å². The van der Waals surface area contributed by atoms with E-state index >= 15 is 0 Å². The topological polar surface area (TPSA) is 44.8 Å². The highest BCUT2D eigenvalue weighted by Crippen LogP contribution is 2.25. The Bertz CT molecular complexity index is 723. The highest BCUT2D eigenvalue weighted by atomic mass is 35.5. The van der Waals surface area contributed by atoms with Crippen molar-refractivity contribution in [2.24, 2.45) is 0 Å². The van der Waals surface area contributed by atoms with E-state index in [9.17, 15) is 13.6 Å². The van der Waals surface area contributed by atoms with Gasteiger partial charge in [0, 0.05) is 15.6 Å². The molecule has 8 heteroatoms. The predicted molar refractivity (Wildman–Crippen MR) is 89.4 cm³/mol. The summed E-state index contributed by atoms with van der Waals surface area (Å²) < 4.78 is 39.7. The number of carbonyl (C=O) groups is 1. The Balaban J connectivity index is 1.96. The molecule has 25 heavy (non-hydrogen) atoms. The average molecular weight is 391 g/mol. The quantitative estimate of drug-likeness (QED) is 0.616. The molecule has 4 nitrogen and oxygen atoms in total. The molecule has 0 saturated carbocycles. The first kappa shape index (κ1) is 19.3. The minimum atomic E-state index is -3.00. The number of alkyl halides is 2. The van der Waals surface area contributed by atoms with Crippen molar-refractivity contribution in [3.05, 3.63) is 58.1 Å². The van der Waals surface area contributed by atoms with Gasteiger partial charge in [0.1, 0.15) is 18.1 Å². The summed E-state index contributed by atoms with van der Waals surface area (Å²) in [7, 11) is 0. The first-order valence-corrected chi connectivity index (χ1v) is 7.93. The monoisotopic (exact) mass is 390 g/mol. The Kier molecular flexibility index (Phi) is 6.84. The van der Waals surface area contributed by atoms with Crippen LogP contribution in [0.1, 0.15) is 12.5 Å². The molecule has 0 unspecified atom stereocenters. The fraction of sp³-hybridized carbons (Fsp3) is 0.235. The molecule has 0 bridgehead atoms. The Morgan fingerprint density at radius 2 is 1.68 bits per heavy atom. The van der Waals surface area contributed by atoms with Crippen LogP contribution in [0.5, 0.6) is 11.5 Å². The van der Waals surface area contributed by atoms with Crippen LogP contribution < -0.4 is 9.47 Å². The van der Waals surface area contributed by atoms with E-state index < -0.39 is 18.7 Å². The van der Waals surface area contributed by atoms with E-state index in [1.165, 1.54) is 25.1 Å². The third-order valence-corrected chi connectivity index (χ3v) is 3.55. The molecule has 2 aromatic carbocycles. The van der Waals surface area contributed by atoms with E-state index in [1.54, 1.807) is 24.3 Å². The molecule has 0 N–H and O–H groups in total. The molecule has 134 valence electrons. The zero-order chi connectivity index (χ0) is 18.4. The summed E-state index contributed by atoms with van der Waals surface area (Å²) in [5, 5.41) is 0.841. The molecule has 1 atom stereocenters. The molecule has 0 saturated heterocycles. The van der Waals surface area contributed by atoms with Gasteiger partial charge in [-0.25, -0.2) is 4.79 Å². The van der Waals surface area contributed by atoms with Crippen molar-refractivity contribution in [3.8, 4) is 11.5 Å². The van der Waals surface area contributed by atoms with Gasteiger partial charge < -0.3 is 14.2 Å². The summed E-state index contributed by atoms with van der Waals surface area (Å²) in [6.45, 7) is -1.77. The minimum absolute atomic E-state index is 0.113. The van der Waals surface area contributed by atoms with Crippen LogP contribution >= 0.6 is 23.2 Å². The maximum atomic E-state index is 12.4. The number of esters is 1. The van der Waals surface area contributed by atoms with Gasteiger partial charge in [0.05, 0.1) is 0 Å². The van der Waals surface area contributed by atoms with Crippen molar-refractivity contribution >= 4 is 29.2 Å². The molecule has 0 heterocycles. The van der Waals surface area contributed by atoms with Gasteiger partial charge in [0.15, 0.2) is 6.10 Å². The largest absolute Gasteiger partial charge is 0.479 e. The molecular weight excluding hydrogens is 377 g/mol. The molecule has 0 aromatic heterocycles. The average Bonchev–Trinajstić information content (AvgIpc) is 2.56. The number of rotatable bonds is 7. The number of hydrogen-bond acceptors (Lipinski definition) is 4. The van der Waals surface area contributed by atoms with Crippen molar-refractivity contribution < 1.29 is 27.8 Å². The van der Waals surface area contributed by atoms with Gasteiger partial charge in [-0.2, -0.15) is 8.78 Å². The van der Waals surface area contributed by atoms with Crippen LogP contribution in [0.25, 0.3) is 0 Å². The van der Waals surface area contributed by atoms with Crippen molar-refractivity contribution in [2.75, 3.05) is 0 Å². The van der Waals surface area contributed by atoms with Crippen molar-refractivity contribution in [1.82, 2.24) is 0 Å². The Hall–Kier alpha value is -2.05. The van der Waals surface area contributed by atoms with Gasteiger partial charge in [-0.05, 0) is 49.4 Å². The third kappa shape index (κ3) is 6.07. The summed E-state index contributed by atoms with van der Waals surface area (Å²) in [5.74, 6) is -0.338. The molecule has 2 rings (SSSR count). The van der Waals surface area contributed by atoms with Gasteiger partial charge in [-0.1, -0.05) is 23.2 Å². The summed E-state index contributed by atoms with van der Waals surface area (Å²) in [5.41, 5.74) is 0.222. The predicted octanol–water partition coefficient (Wildman–Crippen LogP) is 5.11. The summed E-state index contributed by atoms with van der Waals surface area (Å²) in [6, 6.07) is 10.5. The maximum absolute atomic E-state index is 12.4. The number of ether oxygens (including phenoxy) is 3. The summed E-state index contributed by atoms with van der Waals surface area (Å²) in [6.07, 6.45) is -0.903. The van der Waals surface area contributed by atoms with Gasteiger partial charge in [0.25, 0.3) is 0 Å². The summed E-state index contributed by atoms with van der Waals surface area (Å²) >= 11 is 11.6. The summed E-state index contributed by atoms with van der Waals surface area (Å²) in [4.78, 5) is 12.0. The molecule has 0 aliphatic rings. The smallest absolute Gasteiger partial charge is 0.387 e. The van der Waals surface area contributed by atoms with Crippen LogP contribution in [-0.2, 0) is 16.1 Å². The standard InChI is InChI=1S/C17H14Cl2F2O4/c1-10(24-14-5-2-12(18)3-6-14)16(22)23-9-11-8-13(19)4-7-15(11)25-17(20)21/h2-8,10,17H,9H2,1H3/t10-/m1/s1. The lowest BCUT2D eigenvalue weighted by atomic mass is 10.2. The van der Waals surface area contributed by atoms with E-state index in [-0.39, 0.29) is 17.9 Å². The third-order valence-electron chi connectivity index (χ3n) is 3.07. The lowest BCUT2D eigenvalue weighted by Crippen LogP contribution is -2.26. The number of carbonyl (C=O) groups excluding carboxylic acids is 1. The first-order valence-electron chi connectivity index (χ1n) is 7.17. The van der Waals surface area contributed by atoms with Gasteiger partial charge >= 0.3 is 12.6 Å². The van der Waals surface area contributed by atoms with Crippen LogP contribution in [0.3, 0.4) is 0 Å². The molecule has 0 amide bonds. The first-order chi connectivity index (χ1) is 11.8. The lowest BCUT2D eigenvalue weighted by Gasteiger charge is -2.15. The Morgan fingerprint density at radius 3 is 2.32 bits per heavy atom. The van der Waals surface area contributed by atoms with E-state index in [4.69, 9.17) is 32.7 Å². The highest BCUT2D eigenvalue weighted by Gasteiger charge is 2.18. The zero-order valence-corrected chi connectivity index (χ0v) is 14.6. The minimum Gasteiger partial charge on any atom is -0.479 e. The molecule has 2 aromatic rings. The number of benzene rings is 2. The second kappa shape index (κ2) is 8.87. The van der Waals surface area contributed by atoms with Gasteiger partial charge in [-0.3, -0.25) is 0 Å². The van der Waals surface area contributed by atoms with E-state index in [1.807, 2.05) is 0 Å². The van der Waals surface area contributed by atoms with E-state index in [0.717, 1.165) is 0 Å². The molecule has 0 aliphatic carbocycles. The number of halogens is 4. The lowest BCUT2D eigenvalue weighted by molar-refractivity contribution is -0.152. The Morgan fingerprint density at radius 1 is 1.04 bits per heavy atom. The van der Waals surface area contributed by atoms with Crippen LogP contribution in [-0.4, -0.2) is 18.7 Å². The Labute approximate surface area is 153 Å². The van der Waals surface area contributed by atoms with Crippen molar-refractivity contribution in [2.45, 2.75) is 26.2 Å². The number of hydrogen-bond donors (Lipinski definition) is 0. The molecule has 0 radical (unpaired) electrons. The van der Waals surface area contributed by atoms with Crippen molar-refractivity contribution in [1.29, 1.82) is 0 Å². The molecular formula is C17H14Cl2F2O4. The fourth-order valence-corrected chi connectivity index (χ4v) is 2.22. The highest BCUT2D eigenvalue weighted by molar-refractivity contribution is 6.30. The maximum Gasteiger partial charge on any atom is 0.387 e. The molecule has 0 fully saturated rings. The van der Waals surface area contributed by atoms with Gasteiger partial charge in [-0.15, -0.1) is 0 Å². The fourth-order valence-electron chi connectivity index (χ4n) is 1.90.